The Morgan fingerprint density at radius 3 is 2.42 bits per heavy atom. The van der Waals surface area contributed by atoms with Gasteiger partial charge < -0.3 is 0 Å². The molecular weight excluding hydrogens is 486 g/mol. The lowest BCUT2D eigenvalue weighted by Gasteiger charge is -2.13. The lowest BCUT2D eigenvalue weighted by molar-refractivity contribution is -0.384. The normalized spacial score (nSPS) is 11.5. The van der Waals surface area contributed by atoms with E-state index in [-0.39, 0.29) is 15.5 Å². The molecule has 0 radical (unpaired) electrons. The van der Waals surface area contributed by atoms with Crippen LogP contribution in [-0.2, 0) is 10.0 Å². The fraction of sp³-hybridized carbons (Fsp3) is 0.0476. The number of nitrogens with zero attached hydrogens (tertiary/aromatic N) is 3. The summed E-state index contributed by atoms with van der Waals surface area (Å²) in [5, 5.41) is 24.8. The Labute approximate surface area is 199 Å². The van der Waals surface area contributed by atoms with Crippen molar-refractivity contribution in [1.29, 1.82) is 5.26 Å². The molecule has 0 spiro atoms. The van der Waals surface area contributed by atoms with Gasteiger partial charge in [0.1, 0.15) is 9.94 Å². The van der Waals surface area contributed by atoms with Crippen LogP contribution in [0.3, 0.4) is 0 Å². The van der Waals surface area contributed by atoms with E-state index in [2.05, 4.69) is 10.5 Å². The van der Waals surface area contributed by atoms with Gasteiger partial charge in [0.05, 0.1) is 10.6 Å². The second kappa shape index (κ2) is 10.4. The fourth-order valence-corrected chi connectivity index (χ4v) is 5.10. The lowest BCUT2D eigenvalue weighted by atomic mass is 10.2. The SMILES string of the molecule is Cc1cc(S(=O)(=O)NC#N)c(S/C(=N\Nc2ccc([N+](=O)[O-])cc2)c2ccccc2)cc1Cl. The zero-order valence-corrected chi connectivity index (χ0v) is 19.4. The molecule has 3 aromatic rings. The maximum atomic E-state index is 12.6. The Balaban J connectivity index is 2.03. The molecule has 0 amide bonds. The van der Waals surface area contributed by atoms with Crippen molar-refractivity contribution in [3.05, 3.63) is 93.0 Å². The van der Waals surface area contributed by atoms with Crippen molar-refractivity contribution in [3.8, 4) is 6.19 Å². The first-order valence-corrected chi connectivity index (χ1v) is 11.9. The first-order valence-electron chi connectivity index (χ1n) is 9.24. The highest BCUT2D eigenvalue weighted by Crippen LogP contribution is 2.34. The van der Waals surface area contributed by atoms with Crippen LogP contribution < -0.4 is 10.1 Å². The molecule has 0 aromatic heterocycles. The molecule has 3 rings (SSSR count). The fourth-order valence-electron chi connectivity index (χ4n) is 2.65. The lowest BCUT2D eigenvalue weighted by Crippen LogP contribution is -2.19. The summed E-state index contributed by atoms with van der Waals surface area (Å²) in [6, 6.07) is 17.6. The Morgan fingerprint density at radius 1 is 1.15 bits per heavy atom. The van der Waals surface area contributed by atoms with Crippen LogP contribution in [0.25, 0.3) is 0 Å². The summed E-state index contributed by atoms with van der Waals surface area (Å²) in [6.45, 7) is 1.66. The van der Waals surface area contributed by atoms with Crippen molar-refractivity contribution in [2.45, 2.75) is 16.7 Å². The molecule has 0 saturated heterocycles. The number of hydrogen-bond acceptors (Lipinski definition) is 8. The van der Waals surface area contributed by atoms with Gasteiger partial charge in [-0.1, -0.05) is 53.7 Å². The Morgan fingerprint density at radius 2 is 1.82 bits per heavy atom. The molecule has 9 nitrogen and oxygen atoms in total. The second-order valence-corrected chi connectivity index (χ2v) is 9.65. The number of benzene rings is 3. The zero-order chi connectivity index (χ0) is 24.0. The van der Waals surface area contributed by atoms with E-state index in [0.29, 0.717) is 26.9 Å². The minimum absolute atomic E-state index is 0.0590. The van der Waals surface area contributed by atoms with E-state index >= 15 is 0 Å². The molecule has 0 bridgehead atoms. The van der Waals surface area contributed by atoms with Gasteiger partial charge >= 0.3 is 0 Å². The number of thioether (sulfide) groups is 1. The number of anilines is 1. The molecule has 0 atom stereocenters. The number of nitro benzene ring substituents is 1. The highest BCUT2D eigenvalue weighted by Gasteiger charge is 2.22. The van der Waals surface area contributed by atoms with Crippen molar-refractivity contribution in [2.24, 2.45) is 5.10 Å². The van der Waals surface area contributed by atoms with Crippen LogP contribution >= 0.6 is 23.4 Å². The summed E-state index contributed by atoms with van der Waals surface area (Å²) in [5.41, 5.74) is 4.48. The largest absolute Gasteiger partial charge is 0.277 e. The van der Waals surface area contributed by atoms with Gasteiger partial charge in [0.15, 0.2) is 6.19 Å². The van der Waals surface area contributed by atoms with Crippen molar-refractivity contribution in [3.63, 3.8) is 0 Å². The van der Waals surface area contributed by atoms with Crippen LogP contribution in [0.5, 0.6) is 0 Å². The van der Waals surface area contributed by atoms with E-state index in [4.69, 9.17) is 16.9 Å². The van der Waals surface area contributed by atoms with Crippen molar-refractivity contribution < 1.29 is 13.3 Å². The van der Waals surface area contributed by atoms with Crippen LogP contribution in [0.1, 0.15) is 11.1 Å². The molecule has 2 N–H and O–H groups in total. The number of rotatable bonds is 7. The molecule has 3 aromatic carbocycles. The number of hydrogen-bond donors (Lipinski definition) is 2. The van der Waals surface area contributed by atoms with Crippen LogP contribution in [0.4, 0.5) is 11.4 Å². The molecule has 0 fully saturated rings. The number of nitriles is 1. The summed E-state index contributed by atoms with van der Waals surface area (Å²) >= 11 is 7.29. The van der Waals surface area contributed by atoms with E-state index in [1.807, 2.05) is 10.8 Å². The molecule has 168 valence electrons. The third-order valence-electron chi connectivity index (χ3n) is 4.29. The highest BCUT2D eigenvalue weighted by atomic mass is 35.5. The molecule has 0 aliphatic heterocycles. The highest BCUT2D eigenvalue weighted by molar-refractivity contribution is 8.14. The van der Waals surface area contributed by atoms with Gasteiger partial charge in [-0.2, -0.15) is 10.4 Å². The van der Waals surface area contributed by atoms with E-state index in [0.717, 1.165) is 11.8 Å². The van der Waals surface area contributed by atoms with Crippen LogP contribution in [-0.4, -0.2) is 18.4 Å². The minimum Gasteiger partial charge on any atom is -0.277 e. The van der Waals surface area contributed by atoms with E-state index in [9.17, 15) is 18.5 Å². The topological polar surface area (TPSA) is 137 Å². The number of nitro groups is 1. The number of hydrazone groups is 1. The zero-order valence-electron chi connectivity index (χ0n) is 17.0. The summed E-state index contributed by atoms with van der Waals surface area (Å²) in [7, 11) is -4.12. The molecule has 0 aliphatic carbocycles. The predicted octanol–water partition coefficient (Wildman–Crippen LogP) is 4.88. The summed E-state index contributed by atoms with van der Waals surface area (Å²) in [6.07, 6.45) is 1.44. The van der Waals surface area contributed by atoms with Gasteiger partial charge in [0.25, 0.3) is 15.7 Å². The van der Waals surface area contributed by atoms with Gasteiger partial charge in [-0.3, -0.25) is 15.5 Å². The molecule has 0 aliphatic rings. The minimum atomic E-state index is -4.12. The maximum absolute atomic E-state index is 12.6. The van der Waals surface area contributed by atoms with Crippen LogP contribution in [0.2, 0.25) is 5.02 Å². The summed E-state index contributed by atoms with van der Waals surface area (Å²) < 4.78 is 27.0. The summed E-state index contributed by atoms with van der Waals surface area (Å²) in [5.74, 6) is 0. The molecule has 0 heterocycles. The third kappa shape index (κ3) is 6.01. The average Bonchev–Trinajstić information content (AvgIpc) is 2.79. The number of aryl methyl sites for hydroxylation is 1. The first kappa shape index (κ1) is 24.1. The number of sulfonamides is 1. The molecule has 0 saturated carbocycles. The first-order chi connectivity index (χ1) is 15.7. The quantitative estimate of drug-likeness (QED) is 0.0894. The van der Waals surface area contributed by atoms with E-state index < -0.39 is 14.9 Å². The van der Waals surface area contributed by atoms with Gasteiger partial charge in [0.2, 0.25) is 0 Å². The number of nitrogens with one attached hydrogen (secondary N) is 2. The van der Waals surface area contributed by atoms with Crippen LogP contribution in [0, 0.1) is 28.5 Å². The van der Waals surface area contributed by atoms with E-state index in [1.165, 1.54) is 42.6 Å². The molecule has 33 heavy (non-hydrogen) atoms. The third-order valence-corrected chi connectivity index (χ3v) is 7.18. The molecule has 0 unspecified atom stereocenters. The molecule has 12 heteroatoms. The Bertz CT molecular complexity index is 1360. The van der Waals surface area contributed by atoms with Gasteiger partial charge in [0, 0.05) is 27.6 Å². The van der Waals surface area contributed by atoms with Gasteiger partial charge in [-0.15, -0.1) is 0 Å². The Kier molecular flexibility index (Phi) is 7.55. The van der Waals surface area contributed by atoms with E-state index in [1.54, 1.807) is 31.2 Å². The number of halogens is 1. The average molecular weight is 502 g/mol. The van der Waals surface area contributed by atoms with Crippen molar-refractivity contribution >= 4 is 49.8 Å². The van der Waals surface area contributed by atoms with Gasteiger partial charge in [-0.25, -0.2) is 13.1 Å². The standard InChI is InChI=1S/C21H16ClN5O4S2/c1-14-11-20(33(30,31)24-13-23)19(12-18(14)22)32-21(15-5-3-2-4-6-15)26-25-16-7-9-17(10-8-16)27(28)29/h2-12,24-25H,1H3/b26-21-. The maximum Gasteiger partial charge on any atom is 0.271 e. The summed E-state index contributed by atoms with van der Waals surface area (Å²) in [4.78, 5) is 10.5. The van der Waals surface area contributed by atoms with Gasteiger partial charge in [-0.05, 0) is 36.8 Å². The smallest absolute Gasteiger partial charge is 0.271 e. The van der Waals surface area contributed by atoms with Crippen LogP contribution in [0.15, 0.2) is 81.6 Å². The number of non-ortho nitro benzene ring substituents is 1. The monoisotopic (exact) mass is 501 g/mol. The van der Waals surface area contributed by atoms with Crippen molar-refractivity contribution in [1.82, 2.24) is 4.72 Å². The Hall–Kier alpha value is -3.59. The molecular formula is C21H16ClN5O4S2. The predicted molar refractivity (Wildman–Crippen MR) is 128 cm³/mol. The second-order valence-electron chi connectivity index (χ2n) is 6.57. The van der Waals surface area contributed by atoms with Crippen molar-refractivity contribution in [2.75, 3.05) is 5.43 Å².